The first kappa shape index (κ1) is 57.9. The number of benzene rings is 3. The zero-order chi connectivity index (χ0) is 56.0. The number of para-hydroxylation sites is 2. The van der Waals surface area contributed by atoms with Gasteiger partial charge in [0.25, 0.3) is 0 Å². The Labute approximate surface area is 450 Å². The van der Waals surface area contributed by atoms with Gasteiger partial charge in [-0.05, 0) is 93.7 Å². The van der Waals surface area contributed by atoms with Crippen LogP contribution in [0, 0.1) is 34.3 Å². The number of anilines is 1. The van der Waals surface area contributed by atoms with Crippen LogP contribution < -0.4 is 33.0 Å². The molecule has 0 unspecified atom stereocenters. The van der Waals surface area contributed by atoms with Gasteiger partial charge in [0.1, 0.15) is 29.4 Å². The number of nitrogens with one attached hydrogen (secondary N) is 2. The Kier molecular flexibility index (Phi) is 18.0. The van der Waals surface area contributed by atoms with E-state index in [9.17, 15) is 44.8 Å². The maximum atomic E-state index is 15.0. The fraction of sp³-hybridized carbons (Fsp3) is 0.434. The molecule has 414 valence electrons. The summed E-state index contributed by atoms with van der Waals surface area (Å²) in [6.07, 6.45) is 3.34. The second kappa shape index (κ2) is 23.9. The Morgan fingerprint density at radius 3 is 2.14 bits per heavy atom. The van der Waals surface area contributed by atoms with Gasteiger partial charge in [-0.15, -0.1) is 17.9 Å². The van der Waals surface area contributed by atoms with Crippen molar-refractivity contribution in [2.75, 3.05) is 19.0 Å². The van der Waals surface area contributed by atoms with Crippen LogP contribution in [0.25, 0.3) is 22.3 Å². The van der Waals surface area contributed by atoms with Crippen LogP contribution in [0.4, 0.5) is 13.9 Å². The Morgan fingerprint density at radius 1 is 0.909 bits per heavy atom. The van der Waals surface area contributed by atoms with Crippen molar-refractivity contribution < 1.29 is 67.4 Å². The average Bonchev–Trinajstić information content (AvgIpc) is 3.80. The van der Waals surface area contributed by atoms with E-state index in [1.165, 1.54) is 52.6 Å². The van der Waals surface area contributed by atoms with Crippen molar-refractivity contribution in [1.29, 1.82) is 0 Å². The van der Waals surface area contributed by atoms with Crippen molar-refractivity contribution in [2.24, 2.45) is 27.8 Å². The highest BCUT2D eigenvalue weighted by Crippen LogP contribution is 2.57. The number of carbonyl (C=O) groups excluding carboxylic acids is 4. The first-order chi connectivity index (χ1) is 36.3. The van der Waals surface area contributed by atoms with Gasteiger partial charge in [-0.3, -0.25) is 19.2 Å². The number of ketones is 1. The summed E-state index contributed by atoms with van der Waals surface area (Å²) in [5.74, 6) is -5.76. The van der Waals surface area contributed by atoms with Gasteiger partial charge in [-0.1, -0.05) is 51.1 Å². The zero-order valence-corrected chi connectivity index (χ0v) is 45.8. The third-order valence-corrected chi connectivity index (χ3v) is 15.4. The lowest BCUT2D eigenvalue weighted by molar-refractivity contribution is -0.156. The van der Waals surface area contributed by atoms with E-state index in [1.54, 1.807) is 25.3 Å². The van der Waals surface area contributed by atoms with Crippen LogP contribution in [-0.2, 0) is 44.5 Å². The van der Waals surface area contributed by atoms with Crippen LogP contribution >= 0.6 is 11.3 Å². The van der Waals surface area contributed by atoms with Gasteiger partial charge in [0.15, 0.2) is 34.0 Å². The Bertz CT molecular complexity index is 3240. The van der Waals surface area contributed by atoms with Crippen molar-refractivity contribution in [1.82, 2.24) is 19.6 Å². The molecule has 2 aromatic heterocycles. The monoisotopic (exact) mass is 1120 g/mol. The summed E-state index contributed by atoms with van der Waals surface area (Å²) >= 11 is 1.43. The highest BCUT2D eigenvalue weighted by atomic mass is 32.2. The summed E-state index contributed by atoms with van der Waals surface area (Å²) < 4.78 is 103. The second-order valence-electron chi connectivity index (χ2n) is 20.5. The number of thiazole rings is 1. The number of esters is 1. The molecule has 5 aromatic rings. The number of Topliss-reactive ketones (excluding diaryl/α,β-unsaturated/α-hetero) is 1. The Hall–Kier alpha value is -6.76. The van der Waals surface area contributed by atoms with E-state index in [-0.39, 0.29) is 38.0 Å². The first-order valence-corrected chi connectivity index (χ1v) is 28.5. The van der Waals surface area contributed by atoms with Crippen LogP contribution in [-0.4, -0.2) is 93.2 Å². The molecule has 3 aromatic carbocycles. The lowest BCUT2D eigenvalue weighted by atomic mass is 9.77. The molecule has 4 N–H and O–H groups in total. The minimum Gasteiger partial charge on any atom is -0.497 e. The number of fused-ring (bicyclic) bond motifs is 1. The molecule has 3 aliphatic rings. The minimum atomic E-state index is -4.89. The molecule has 3 fully saturated rings. The predicted molar refractivity (Wildman–Crippen MR) is 283 cm³/mol. The predicted octanol–water partition coefficient (Wildman–Crippen LogP) is 8.21. The number of hydrogen-bond donors (Lipinski definition) is 3. The molecule has 24 heteroatoms. The summed E-state index contributed by atoms with van der Waals surface area (Å²) in [5.41, 5.74) is -0.623. The first-order valence-electron chi connectivity index (χ1n) is 24.8. The van der Waals surface area contributed by atoms with Crippen LogP contribution in [0.1, 0.15) is 86.0 Å². The van der Waals surface area contributed by atoms with Gasteiger partial charge < -0.3 is 32.8 Å². The number of rotatable bonds is 20. The van der Waals surface area contributed by atoms with Crippen molar-refractivity contribution in [2.45, 2.75) is 110 Å². The van der Waals surface area contributed by atoms with E-state index in [1.807, 2.05) is 50.8 Å². The van der Waals surface area contributed by atoms with Crippen molar-refractivity contribution >= 4 is 71.5 Å². The Morgan fingerprint density at radius 2 is 1.56 bits per heavy atom. The van der Waals surface area contributed by atoms with Crippen LogP contribution in [0.15, 0.2) is 90.8 Å². The van der Waals surface area contributed by atoms with Gasteiger partial charge in [0.2, 0.25) is 11.8 Å². The van der Waals surface area contributed by atoms with Gasteiger partial charge in [-0.2, -0.15) is 22.0 Å². The molecule has 2 amide bonds. The van der Waals surface area contributed by atoms with Gasteiger partial charge in [-0.25, -0.2) is 23.5 Å². The zero-order valence-electron chi connectivity index (χ0n) is 43.3. The van der Waals surface area contributed by atoms with E-state index in [2.05, 4.69) is 21.2 Å². The molecule has 8 rings (SSSR count). The SMILES string of the molecule is C=C[C@@H]1C[C@]1(CC(=O)[C@@H]1C[C@@H](Oc2cc(-c3csc(NC(C)C)n3)nc3cc(OC)ccc23)CN1C(=O)[C@@H](CC(=O)OC1CCCC1)C(C)(C)C)C(=O)NS(=O)(=O)Oc1ccccc1F.NS(=O)(=O)Oc1ccccc1F. The van der Waals surface area contributed by atoms with Crippen molar-refractivity contribution in [3.8, 4) is 34.4 Å². The maximum Gasteiger partial charge on any atom is 0.409 e. The topological polar surface area (TPSA) is 262 Å². The largest absolute Gasteiger partial charge is 0.497 e. The third-order valence-electron chi connectivity index (χ3n) is 13.3. The molecular weight excluding hydrogens is 1060 g/mol. The maximum absolute atomic E-state index is 15.0. The number of halogens is 2. The lowest BCUT2D eigenvalue weighted by Crippen LogP contribution is -2.48. The molecule has 2 saturated carbocycles. The van der Waals surface area contributed by atoms with Crippen molar-refractivity contribution in [3.63, 3.8) is 0 Å². The van der Waals surface area contributed by atoms with Gasteiger partial charge in [0.05, 0.1) is 48.7 Å². The number of amides is 2. The summed E-state index contributed by atoms with van der Waals surface area (Å²) in [4.78, 5) is 68.1. The average molecular weight is 1130 g/mol. The van der Waals surface area contributed by atoms with Crippen molar-refractivity contribution in [3.05, 3.63) is 102 Å². The molecule has 19 nitrogen and oxygen atoms in total. The molecule has 0 spiro atoms. The van der Waals surface area contributed by atoms with Crippen LogP contribution in [0.3, 0.4) is 0 Å². The van der Waals surface area contributed by atoms with Gasteiger partial charge >= 0.3 is 26.6 Å². The number of pyridine rings is 1. The smallest absolute Gasteiger partial charge is 0.409 e. The van der Waals surface area contributed by atoms with Crippen LogP contribution in [0.2, 0.25) is 0 Å². The number of ether oxygens (including phenoxy) is 3. The number of nitrogens with zero attached hydrogens (tertiary/aromatic N) is 3. The van der Waals surface area contributed by atoms with E-state index >= 15 is 0 Å². The lowest BCUT2D eigenvalue weighted by Gasteiger charge is -2.35. The molecule has 77 heavy (non-hydrogen) atoms. The molecule has 0 bridgehead atoms. The number of methoxy groups -OCH3 is 1. The normalized spacial score (nSPS) is 19.9. The molecule has 2 aliphatic carbocycles. The second-order valence-corrected chi connectivity index (χ2v) is 23.8. The highest BCUT2D eigenvalue weighted by Gasteiger charge is 2.61. The standard InChI is InChI=1S/C47H56FN5O10S2.C6H6FNO3S/c1-8-28-23-47(28,44(57)52-65(58,59)63-40-16-12-11-15-34(40)48)24-39(54)38-20-31(25-53(38)43(56)33(46(4,5)6)21-42(55)62-29-13-9-10-14-29)61-41-22-36(37-26-64-45(51-37)49-27(2)3)50-35-19-30(60-7)17-18-32(35)41;7-5-3-1-2-4-6(5)11-12(8,9)10/h8,11-12,15-19,22,26-29,31,33,38H,1,9-10,13-14,20-21,23-25H2,2-7H3,(H,49,51)(H,52,57);1-4H,(H2,8,9,10)/t28-,31-,33-,38+,47-;/m1./s1. The molecule has 1 aliphatic heterocycles. The molecule has 0 radical (unpaired) electrons. The van der Waals surface area contributed by atoms with E-state index in [0.29, 0.717) is 38.9 Å². The quantitative estimate of drug-likeness (QED) is 0.0490. The number of allylic oxidation sites excluding steroid dienone is 1. The van der Waals surface area contributed by atoms with Crippen LogP contribution in [0.5, 0.6) is 23.0 Å². The number of carbonyl (C=O) groups is 4. The van der Waals surface area contributed by atoms with E-state index in [0.717, 1.165) is 43.9 Å². The fourth-order valence-electron chi connectivity index (χ4n) is 9.34. The molecular formula is C53H62F2N6O13S3. The molecule has 3 heterocycles. The molecule has 5 atom stereocenters. The highest BCUT2D eigenvalue weighted by molar-refractivity contribution is 7.85. The van der Waals surface area contributed by atoms with E-state index < -0.39 is 109 Å². The molecule has 1 saturated heterocycles. The minimum absolute atomic E-state index is 0.00751. The third kappa shape index (κ3) is 14.8. The van der Waals surface area contributed by atoms with E-state index in [4.69, 9.17) is 28.4 Å². The number of aromatic nitrogens is 2. The fourth-order valence-corrected chi connectivity index (χ4v) is 11.4. The summed E-state index contributed by atoms with van der Waals surface area (Å²) in [6, 6.07) is 16.0. The van der Waals surface area contributed by atoms with Gasteiger partial charge in [0, 0.05) is 41.8 Å². The summed E-state index contributed by atoms with van der Waals surface area (Å²) in [6.45, 7) is 13.3. The number of nitrogens with two attached hydrogens (primary N) is 1. The number of likely N-dealkylation sites (tertiary alicyclic amines) is 1. The summed E-state index contributed by atoms with van der Waals surface area (Å²) in [7, 11) is -7.47. The Balaban J connectivity index is 0.000000633. The number of hydrogen-bond acceptors (Lipinski definition) is 17. The summed E-state index contributed by atoms with van der Waals surface area (Å²) in [5, 5.41) is 11.1.